The molecule has 0 bridgehead atoms. The van der Waals surface area contributed by atoms with Crippen LogP contribution in [0.5, 0.6) is 5.75 Å². The SMILES string of the molecule is CCCOc1ccc([C@@H]2C(=C(O)c3ccc(Br)cc3)C(=O)C(=O)N2Cc2ccco2)cc1. The number of ether oxygens (including phenoxy) is 1. The second kappa shape index (κ2) is 9.44. The first-order valence-electron chi connectivity index (χ1n) is 10.3. The smallest absolute Gasteiger partial charge is 0.296 e. The van der Waals surface area contributed by atoms with Gasteiger partial charge in [0, 0.05) is 10.0 Å². The number of carbonyl (C=O) groups is 2. The van der Waals surface area contributed by atoms with E-state index < -0.39 is 17.7 Å². The number of Topliss-reactive ketones (excluding diaryl/α,β-unsaturated/α-hetero) is 1. The summed E-state index contributed by atoms with van der Waals surface area (Å²) >= 11 is 3.37. The number of benzene rings is 2. The summed E-state index contributed by atoms with van der Waals surface area (Å²) < 4.78 is 11.9. The molecule has 0 spiro atoms. The zero-order valence-electron chi connectivity index (χ0n) is 17.5. The number of rotatable bonds is 7. The van der Waals surface area contributed by atoms with Crippen LogP contribution in [0.25, 0.3) is 5.76 Å². The average Bonchev–Trinajstić information content (AvgIpc) is 3.40. The summed E-state index contributed by atoms with van der Waals surface area (Å²) in [5.74, 6) is -0.381. The average molecular weight is 496 g/mol. The molecule has 164 valence electrons. The number of hydrogen-bond donors (Lipinski definition) is 1. The number of aliphatic hydroxyl groups excluding tert-OH is 1. The Morgan fingerprint density at radius 3 is 2.44 bits per heavy atom. The van der Waals surface area contributed by atoms with Crippen LogP contribution in [0.4, 0.5) is 0 Å². The molecule has 1 atom stereocenters. The first-order chi connectivity index (χ1) is 15.5. The van der Waals surface area contributed by atoms with E-state index in [4.69, 9.17) is 9.15 Å². The third-order valence-electron chi connectivity index (χ3n) is 5.23. The highest BCUT2D eigenvalue weighted by atomic mass is 79.9. The van der Waals surface area contributed by atoms with Gasteiger partial charge < -0.3 is 19.2 Å². The maximum atomic E-state index is 13.0. The largest absolute Gasteiger partial charge is 0.507 e. The van der Waals surface area contributed by atoms with Crippen LogP contribution in [-0.4, -0.2) is 28.3 Å². The molecule has 2 heterocycles. The number of amides is 1. The van der Waals surface area contributed by atoms with E-state index in [9.17, 15) is 14.7 Å². The van der Waals surface area contributed by atoms with Crippen molar-refractivity contribution in [3.8, 4) is 5.75 Å². The lowest BCUT2D eigenvalue weighted by Crippen LogP contribution is -2.29. The fourth-order valence-corrected chi connectivity index (χ4v) is 3.95. The summed E-state index contributed by atoms with van der Waals surface area (Å²) in [4.78, 5) is 27.4. The molecule has 1 aliphatic heterocycles. The topological polar surface area (TPSA) is 80.0 Å². The second-order valence-corrected chi connectivity index (χ2v) is 8.35. The molecule has 1 amide bonds. The van der Waals surface area contributed by atoms with Crippen LogP contribution in [0.1, 0.15) is 36.3 Å². The Morgan fingerprint density at radius 2 is 1.81 bits per heavy atom. The Hall–Kier alpha value is -3.32. The van der Waals surface area contributed by atoms with Gasteiger partial charge in [0.1, 0.15) is 17.3 Å². The summed E-state index contributed by atoms with van der Waals surface area (Å²) in [5, 5.41) is 11.1. The van der Waals surface area contributed by atoms with E-state index in [-0.39, 0.29) is 17.9 Å². The minimum Gasteiger partial charge on any atom is -0.507 e. The zero-order chi connectivity index (χ0) is 22.7. The van der Waals surface area contributed by atoms with Crippen LogP contribution in [-0.2, 0) is 16.1 Å². The summed E-state index contributed by atoms with van der Waals surface area (Å²) in [5.41, 5.74) is 1.20. The standard InChI is InChI=1S/C25H22BrNO5/c1-2-13-31-19-11-7-16(8-12-19)22-21(23(28)17-5-9-18(26)10-6-17)24(29)25(30)27(22)15-20-4-3-14-32-20/h3-12,14,22,28H,2,13,15H2,1H3/t22-/m1/s1. The van der Waals surface area contributed by atoms with E-state index in [0.717, 1.165) is 10.9 Å². The van der Waals surface area contributed by atoms with Crippen molar-refractivity contribution in [2.24, 2.45) is 0 Å². The van der Waals surface area contributed by atoms with E-state index in [1.165, 1.54) is 11.2 Å². The molecular formula is C25H22BrNO5. The van der Waals surface area contributed by atoms with Crippen LogP contribution < -0.4 is 4.74 Å². The lowest BCUT2D eigenvalue weighted by atomic mass is 9.95. The van der Waals surface area contributed by atoms with Crippen LogP contribution in [0.3, 0.4) is 0 Å². The fourth-order valence-electron chi connectivity index (χ4n) is 3.69. The minimum atomic E-state index is -0.760. The number of furan rings is 1. The summed E-state index contributed by atoms with van der Waals surface area (Å²) in [6.07, 6.45) is 2.40. The first kappa shape index (κ1) is 21.9. The molecular weight excluding hydrogens is 474 g/mol. The molecule has 1 fully saturated rings. The highest BCUT2D eigenvalue weighted by molar-refractivity contribution is 9.10. The highest BCUT2D eigenvalue weighted by Crippen LogP contribution is 2.40. The number of aliphatic hydroxyl groups is 1. The third-order valence-corrected chi connectivity index (χ3v) is 5.76. The van der Waals surface area contributed by atoms with Gasteiger partial charge in [0.25, 0.3) is 11.7 Å². The number of likely N-dealkylation sites (tertiary alicyclic amines) is 1. The number of carbonyl (C=O) groups excluding carboxylic acids is 2. The highest BCUT2D eigenvalue weighted by Gasteiger charge is 2.46. The number of nitrogens with zero attached hydrogens (tertiary/aromatic N) is 1. The van der Waals surface area contributed by atoms with Gasteiger partial charge in [0.2, 0.25) is 0 Å². The molecule has 4 rings (SSSR count). The molecule has 6 nitrogen and oxygen atoms in total. The maximum Gasteiger partial charge on any atom is 0.296 e. The molecule has 0 saturated carbocycles. The van der Waals surface area contributed by atoms with Gasteiger partial charge in [-0.3, -0.25) is 9.59 Å². The molecule has 1 aliphatic rings. The van der Waals surface area contributed by atoms with Crippen molar-refractivity contribution in [1.82, 2.24) is 4.90 Å². The molecule has 0 unspecified atom stereocenters. The van der Waals surface area contributed by atoms with Crippen molar-refractivity contribution in [2.45, 2.75) is 25.9 Å². The van der Waals surface area contributed by atoms with Gasteiger partial charge in [-0.15, -0.1) is 0 Å². The van der Waals surface area contributed by atoms with Crippen LogP contribution in [0.15, 0.2) is 81.4 Å². The molecule has 3 aromatic rings. The van der Waals surface area contributed by atoms with Crippen molar-refractivity contribution < 1.29 is 23.8 Å². The van der Waals surface area contributed by atoms with E-state index in [0.29, 0.717) is 29.2 Å². The van der Waals surface area contributed by atoms with Crippen molar-refractivity contribution in [3.05, 3.63) is 93.9 Å². The van der Waals surface area contributed by atoms with Crippen molar-refractivity contribution >= 4 is 33.4 Å². The van der Waals surface area contributed by atoms with Crippen molar-refractivity contribution in [1.29, 1.82) is 0 Å². The molecule has 0 aliphatic carbocycles. The van der Waals surface area contributed by atoms with Gasteiger partial charge in [-0.05, 0) is 48.4 Å². The maximum absolute atomic E-state index is 13.0. The molecule has 7 heteroatoms. The molecule has 1 saturated heterocycles. The fraction of sp³-hybridized carbons (Fsp3) is 0.200. The molecule has 1 N–H and O–H groups in total. The second-order valence-electron chi connectivity index (χ2n) is 7.43. The van der Waals surface area contributed by atoms with Crippen molar-refractivity contribution in [3.63, 3.8) is 0 Å². The Morgan fingerprint density at radius 1 is 1.09 bits per heavy atom. The van der Waals surface area contributed by atoms with Gasteiger partial charge in [-0.1, -0.05) is 47.1 Å². The molecule has 2 aromatic carbocycles. The predicted octanol–water partition coefficient (Wildman–Crippen LogP) is 5.45. The summed E-state index contributed by atoms with van der Waals surface area (Å²) in [6.45, 7) is 2.73. The molecule has 0 radical (unpaired) electrons. The summed E-state index contributed by atoms with van der Waals surface area (Å²) in [6, 6.07) is 16.9. The number of hydrogen-bond acceptors (Lipinski definition) is 5. The lowest BCUT2D eigenvalue weighted by Gasteiger charge is -2.24. The Balaban J connectivity index is 1.79. The van der Waals surface area contributed by atoms with Gasteiger partial charge in [0.05, 0.1) is 31.0 Å². The quantitative estimate of drug-likeness (QED) is 0.267. The van der Waals surface area contributed by atoms with Crippen LogP contribution in [0, 0.1) is 0 Å². The van der Waals surface area contributed by atoms with Gasteiger partial charge in [-0.25, -0.2) is 0 Å². The minimum absolute atomic E-state index is 0.0473. The van der Waals surface area contributed by atoms with Crippen LogP contribution in [0.2, 0.25) is 0 Å². The van der Waals surface area contributed by atoms with Gasteiger partial charge in [0.15, 0.2) is 0 Å². The Bertz CT molecular complexity index is 1130. The van der Waals surface area contributed by atoms with Crippen LogP contribution >= 0.6 is 15.9 Å². The van der Waals surface area contributed by atoms with E-state index in [2.05, 4.69) is 15.9 Å². The number of ketones is 1. The predicted molar refractivity (Wildman–Crippen MR) is 123 cm³/mol. The lowest BCUT2D eigenvalue weighted by molar-refractivity contribution is -0.140. The van der Waals surface area contributed by atoms with E-state index >= 15 is 0 Å². The Labute approximate surface area is 194 Å². The monoisotopic (exact) mass is 495 g/mol. The van der Waals surface area contributed by atoms with Crippen molar-refractivity contribution in [2.75, 3.05) is 6.61 Å². The van der Waals surface area contributed by atoms with E-state index in [1.54, 1.807) is 48.5 Å². The first-order valence-corrected chi connectivity index (χ1v) is 11.1. The zero-order valence-corrected chi connectivity index (χ0v) is 19.0. The Kier molecular flexibility index (Phi) is 6.46. The summed E-state index contributed by atoms with van der Waals surface area (Å²) in [7, 11) is 0. The molecule has 1 aromatic heterocycles. The van der Waals surface area contributed by atoms with E-state index in [1.807, 2.05) is 19.1 Å². The third kappa shape index (κ3) is 4.34. The van der Waals surface area contributed by atoms with Gasteiger partial charge >= 0.3 is 0 Å². The van der Waals surface area contributed by atoms with Gasteiger partial charge in [-0.2, -0.15) is 0 Å². The number of halogens is 1. The normalized spacial score (nSPS) is 17.7. The molecule has 32 heavy (non-hydrogen) atoms.